The van der Waals surface area contributed by atoms with E-state index in [2.05, 4.69) is 5.10 Å². The van der Waals surface area contributed by atoms with Crippen molar-refractivity contribution < 1.29 is 9.18 Å². The summed E-state index contributed by atoms with van der Waals surface area (Å²) in [6, 6.07) is 14.6. The maximum absolute atomic E-state index is 13.3. The van der Waals surface area contributed by atoms with E-state index in [4.69, 9.17) is 0 Å². The summed E-state index contributed by atoms with van der Waals surface area (Å²) < 4.78 is 16.3. The molecular weight excluding hydrogens is 407 g/mol. The van der Waals surface area contributed by atoms with Crippen molar-refractivity contribution >= 4 is 17.5 Å². The highest BCUT2D eigenvalue weighted by molar-refractivity contribution is 6.11. The fraction of sp³-hybridized carbons (Fsp3) is 0.120. The summed E-state index contributed by atoms with van der Waals surface area (Å²) in [5.74, 6) is -0.666. The number of aromatic nitrogens is 2. The molecule has 0 unspecified atom stereocenters. The number of ketones is 1. The first-order valence-corrected chi connectivity index (χ1v) is 9.91. The molecule has 4 rings (SSSR count). The van der Waals surface area contributed by atoms with Gasteiger partial charge in [-0.1, -0.05) is 6.07 Å². The Balaban J connectivity index is 1.88. The number of carbonyl (C=O) groups is 1. The molecule has 0 aliphatic heterocycles. The monoisotopic (exact) mass is 426 g/mol. The van der Waals surface area contributed by atoms with E-state index in [0.717, 1.165) is 5.52 Å². The quantitative estimate of drug-likeness (QED) is 0.363. The van der Waals surface area contributed by atoms with E-state index in [1.165, 1.54) is 35.2 Å². The normalized spacial score (nSPS) is 11.2. The lowest BCUT2D eigenvalue weighted by Crippen LogP contribution is -2.22. The van der Waals surface area contributed by atoms with Gasteiger partial charge in [0.2, 0.25) is 5.78 Å². The minimum absolute atomic E-state index is 0.0402. The smallest absolute Gasteiger partial charge is 0.289 e. The lowest BCUT2D eigenvalue weighted by molar-refractivity contribution is 0.103. The topological polar surface area (TPSA) is 79.6 Å². The molecule has 0 aliphatic rings. The second-order valence-electron chi connectivity index (χ2n) is 7.50. The highest BCUT2D eigenvalue weighted by Crippen LogP contribution is 2.24. The zero-order valence-electron chi connectivity index (χ0n) is 17.8. The van der Waals surface area contributed by atoms with Crippen LogP contribution >= 0.6 is 0 Å². The van der Waals surface area contributed by atoms with Crippen LogP contribution in [0.4, 0.5) is 4.39 Å². The van der Waals surface area contributed by atoms with Crippen molar-refractivity contribution in [3.05, 3.63) is 110 Å². The van der Waals surface area contributed by atoms with Crippen LogP contribution in [-0.2, 0) is 0 Å². The Morgan fingerprint density at radius 2 is 1.84 bits per heavy atom. The van der Waals surface area contributed by atoms with E-state index in [1.54, 1.807) is 37.4 Å². The van der Waals surface area contributed by atoms with Crippen molar-refractivity contribution in [2.75, 3.05) is 0 Å². The van der Waals surface area contributed by atoms with Crippen LogP contribution in [0.25, 0.3) is 5.52 Å². The number of halogens is 1. The molecule has 7 heteroatoms. The second-order valence-corrected chi connectivity index (χ2v) is 7.50. The van der Waals surface area contributed by atoms with Gasteiger partial charge >= 0.3 is 0 Å². The van der Waals surface area contributed by atoms with Crippen molar-refractivity contribution in [3.63, 3.8) is 0 Å². The molecule has 3 aromatic heterocycles. The van der Waals surface area contributed by atoms with Crippen LogP contribution in [0.5, 0.6) is 0 Å². The van der Waals surface area contributed by atoms with E-state index < -0.39 is 11.4 Å². The molecule has 1 aromatic carbocycles. The molecule has 4 aromatic rings. The van der Waals surface area contributed by atoms with Gasteiger partial charge in [-0.25, -0.2) is 9.07 Å². The largest absolute Gasteiger partial charge is 0.313 e. The molecule has 6 nitrogen and oxygen atoms in total. The maximum atomic E-state index is 13.3. The molecule has 0 spiro atoms. The fourth-order valence-corrected chi connectivity index (χ4v) is 3.81. The molecule has 0 N–H and O–H groups in total. The minimum atomic E-state index is -0.495. The zero-order valence-corrected chi connectivity index (χ0v) is 17.8. The fourth-order valence-electron chi connectivity index (χ4n) is 3.81. The molecule has 0 saturated heterocycles. The molecule has 32 heavy (non-hydrogen) atoms. The summed E-state index contributed by atoms with van der Waals surface area (Å²) in [4.78, 5) is 25.9. The number of carbonyl (C=O) groups excluding carboxylic acids is 1. The Bertz CT molecular complexity index is 1500. The Labute approximate surface area is 183 Å². The number of aryl methyl sites for hydroxylation is 2. The molecule has 158 valence electrons. The first kappa shape index (κ1) is 20.9. The first-order valence-electron chi connectivity index (χ1n) is 9.91. The Kier molecular flexibility index (Phi) is 5.29. The van der Waals surface area contributed by atoms with Crippen LogP contribution in [0.15, 0.2) is 64.6 Å². The van der Waals surface area contributed by atoms with Gasteiger partial charge in [0.25, 0.3) is 5.56 Å². The van der Waals surface area contributed by atoms with Gasteiger partial charge in [-0.3, -0.25) is 9.59 Å². The molecule has 0 atom stereocenters. The molecule has 0 aliphatic carbocycles. The SMILES string of the molecule is Cc1cc(C)n(/N=C/c2c(C)c(C(=O)c3ccc(F)cc3)n3ccccc23)c(=O)c1C#N. The van der Waals surface area contributed by atoms with Crippen molar-refractivity contribution in [1.29, 1.82) is 5.26 Å². The maximum Gasteiger partial charge on any atom is 0.289 e. The van der Waals surface area contributed by atoms with Gasteiger partial charge < -0.3 is 4.40 Å². The van der Waals surface area contributed by atoms with Gasteiger partial charge in [-0.15, -0.1) is 0 Å². The number of hydrogen-bond donors (Lipinski definition) is 0. The average molecular weight is 426 g/mol. The van der Waals surface area contributed by atoms with Gasteiger partial charge in [0.05, 0.1) is 17.4 Å². The number of fused-ring (bicyclic) bond motifs is 1. The number of nitriles is 1. The van der Waals surface area contributed by atoms with Crippen molar-refractivity contribution in [3.8, 4) is 6.07 Å². The lowest BCUT2D eigenvalue weighted by atomic mass is 10.0. The van der Waals surface area contributed by atoms with Gasteiger partial charge in [0, 0.05) is 23.0 Å². The number of nitrogens with zero attached hydrogens (tertiary/aromatic N) is 4. The van der Waals surface area contributed by atoms with Crippen molar-refractivity contribution in [2.24, 2.45) is 5.10 Å². The first-order chi connectivity index (χ1) is 15.3. The molecule has 3 heterocycles. The van der Waals surface area contributed by atoms with Gasteiger partial charge in [-0.2, -0.15) is 10.4 Å². The standard InChI is InChI=1S/C25H19FN4O2/c1-15-12-16(2)30(25(32)20(15)13-27)28-14-21-17(3)23(29-11-5-4-6-22(21)29)24(31)18-7-9-19(26)10-8-18/h4-12,14H,1-3H3/b28-14+. The summed E-state index contributed by atoms with van der Waals surface area (Å²) in [6.07, 6.45) is 3.30. The van der Waals surface area contributed by atoms with Crippen LogP contribution in [0.1, 0.15) is 44.0 Å². The number of hydrogen-bond acceptors (Lipinski definition) is 4. The van der Waals surface area contributed by atoms with Crippen molar-refractivity contribution in [2.45, 2.75) is 20.8 Å². The van der Waals surface area contributed by atoms with E-state index >= 15 is 0 Å². The van der Waals surface area contributed by atoms with E-state index in [1.807, 2.05) is 24.3 Å². The predicted octanol–water partition coefficient (Wildman–Crippen LogP) is 4.15. The molecule has 0 fully saturated rings. The summed E-state index contributed by atoms with van der Waals surface area (Å²) in [6.45, 7) is 5.25. The molecular formula is C25H19FN4O2. The highest BCUT2D eigenvalue weighted by Gasteiger charge is 2.21. The molecule has 0 saturated carbocycles. The number of rotatable bonds is 4. The third kappa shape index (κ3) is 3.42. The van der Waals surface area contributed by atoms with Crippen LogP contribution in [0, 0.1) is 37.9 Å². The third-order valence-electron chi connectivity index (χ3n) is 5.43. The summed E-state index contributed by atoms with van der Waals surface area (Å²) in [7, 11) is 0. The van der Waals surface area contributed by atoms with E-state index in [0.29, 0.717) is 33.6 Å². The lowest BCUT2D eigenvalue weighted by Gasteiger charge is -2.06. The second kappa shape index (κ2) is 8.08. The summed E-state index contributed by atoms with van der Waals surface area (Å²) >= 11 is 0. The predicted molar refractivity (Wildman–Crippen MR) is 120 cm³/mol. The van der Waals surface area contributed by atoms with Gasteiger partial charge in [-0.05, 0) is 74.4 Å². The van der Waals surface area contributed by atoms with Gasteiger partial charge in [0.15, 0.2) is 0 Å². The van der Waals surface area contributed by atoms with Crippen LogP contribution in [0.3, 0.4) is 0 Å². The highest BCUT2D eigenvalue weighted by atomic mass is 19.1. The Morgan fingerprint density at radius 3 is 2.53 bits per heavy atom. The van der Waals surface area contributed by atoms with Crippen LogP contribution in [0.2, 0.25) is 0 Å². The van der Waals surface area contributed by atoms with Crippen LogP contribution < -0.4 is 5.56 Å². The number of pyridine rings is 2. The van der Waals surface area contributed by atoms with E-state index in [9.17, 15) is 19.2 Å². The Hall–Kier alpha value is -4.31. The van der Waals surface area contributed by atoms with Crippen LogP contribution in [-0.4, -0.2) is 21.1 Å². The molecule has 0 amide bonds. The third-order valence-corrected chi connectivity index (χ3v) is 5.43. The van der Waals surface area contributed by atoms with Crippen molar-refractivity contribution in [1.82, 2.24) is 9.08 Å². The summed E-state index contributed by atoms with van der Waals surface area (Å²) in [5, 5.41) is 13.6. The zero-order chi connectivity index (χ0) is 23.0. The summed E-state index contributed by atoms with van der Waals surface area (Å²) in [5.41, 5.74) is 3.60. The van der Waals surface area contributed by atoms with E-state index in [-0.39, 0.29) is 11.3 Å². The number of benzene rings is 1. The Morgan fingerprint density at radius 1 is 1.12 bits per heavy atom. The molecule has 0 bridgehead atoms. The average Bonchev–Trinajstić information content (AvgIpc) is 3.05. The molecule has 0 radical (unpaired) electrons. The minimum Gasteiger partial charge on any atom is -0.313 e. The van der Waals surface area contributed by atoms with Gasteiger partial charge in [0.1, 0.15) is 17.4 Å².